The molecule has 1 fully saturated rings. The van der Waals surface area contributed by atoms with Gasteiger partial charge >= 0.3 is 0 Å². The second-order valence-electron chi connectivity index (χ2n) is 6.34. The smallest absolute Gasteiger partial charge is 0.232 e. The lowest BCUT2D eigenvalue weighted by Gasteiger charge is -2.38. The van der Waals surface area contributed by atoms with Crippen LogP contribution in [-0.2, 0) is 6.42 Å². The topological polar surface area (TPSA) is 72.3 Å². The summed E-state index contributed by atoms with van der Waals surface area (Å²) in [6.45, 7) is 8.74. The first kappa shape index (κ1) is 13.1. The van der Waals surface area contributed by atoms with Crippen LogP contribution in [0.4, 0.5) is 11.8 Å². The van der Waals surface area contributed by atoms with E-state index in [1.165, 1.54) is 12.8 Å². The average Bonchev–Trinajstić information content (AvgIpc) is 2.84. The van der Waals surface area contributed by atoms with Gasteiger partial charge in [0.05, 0.1) is 0 Å². The molecule has 0 spiro atoms. The Balaban J connectivity index is 2.10. The Morgan fingerprint density at radius 3 is 2.85 bits per heavy atom. The molecule has 0 amide bonds. The van der Waals surface area contributed by atoms with Crippen LogP contribution in [0, 0.1) is 5.41 Å². The largest absolute Gasteiger partial charge is 0.381 e. The summed E-state index contributed by atoms with van der Waals surface area (Å²) in [7, 11) is 0. The van der Waals surface area contributed by atoms with Gasteiger partial charge in [-0.25, -0.2) is 4.98 Å². The lowest BCUT2D eigenvalue weighted by atomic mass is 9.84. The highest BCUT2D eigenvalue weighted by molar-refractivity contribution is 5.62. The van der Waals surface area contributed by atoms with E-state index in [1.54, 1.807) is 0 Å². The van der Waals surface area contributed by atoms with Crippen molar-refractivity contribution in [1.29, 1.82) is 0 Å². The van der Waals surface area contributed by atoms with Gasteiger partial charge in [0, 0.05) is 25.0 Å². The number of hydrogen-bond acceptors (Lipinski definition) is 5. The van der Waals surface area contributed by atoms with Gasteiger partial charge in [0.25, 0.3) is 0 Å². The zero-order chi connectivity index (χ0) is 14.3. The molecular formula is C14H22N6. The summed E-state index contributed by atoms with van der Waals surface area (Å²) >= 11 is 0. The molecule has 0 unspecified atom stereocenters. The number of fused-ring (bicyclic) bond motifs is 1. The first-order chi connectivity index (χ1) is 9.52. The molecule has 3 heterocycles. The van der Waals surface area contributed by atoms with E-state index in [2.05, 4.69) is 45.3 Å². The highest BCUT2D eigenvalue weighted by Crippen LogP contribution is 2.31. The van der Waals surface area contributed by atoms with Gasteiger partial charge < -0.3 is 10.6 Å². The van der Waals surface area contributed by atoms with Crippen LogP contribution in [0.1, 0.15) is 39.3 Å². The maximum Gasteiger partial charge on any atom is 0.232 e. The van der Waals surface area contributed by atoms with E-state index < -0.39 is 0 Å². The van der Waals surface area contributed by atoms with E-state index in [9.17, 15) is 0 Å². The molecular weight excluding hydrogens is 252 g/mol. The van der Waals surface area contributed by atoms with Crippen LogP contribution in [0.15, 0.2) is 6.20 Å². The number of nitrogen functional groups attached to an aromatic ring is 1. The molecule has 1 aliphatic rings. The number of anilines is 2. The fourth-order valence-electron chi connectivity index (χ4n) is 3.01. The summed E-state index contributed by atoms with van der Waals surface area (Å²) in [5.74, 6) is 1.34. The standard InChI is InChI=1S/C14H22N6/c1-4-10-8-16-11(15)12-17-18-13(20(10)12)19-7-5-6-14(2,3)9-19/h8H,4-7,9H2,1-3H3,(H2,15,16). The van der Waals surface area contributed by atoms with Crippen molar-refractivity contribution in [2.45, 2.75) is 40.0 Å². The van der Waals surface area contributed by atoms with Crippen molar-refractivity contribution in [1.82, 2.24) is 19.6 Å². The number of nitrogens with zero attached hydrogens (tertiary/aromatic N) is 5. The number of piperidine rings is 1. The Morgan fingerprint density at radius 1 is 1.35 bits per heavy atom. The molecule has 2 aromatic rings. The Bertz CT molecular complexity index is 630. The van der Waals surface area contributed by atoms with Crippen molar-refractivity contribution in [3.05, 3.63) is 11.9 Å². The molecule has 0 aromatic carbocycles. The van der Waals surface area contributed by atoms with E-state index in [4.69, 9.17) is 5.73 Å². The zero-order valence-corrected chi connectivity index (χ0v) is 12.4. The summed E-state index contributed by atoms with van der Waals surface area (Å²) in [4.78, 5) is 6.52. The summed E-state index contributed by atoms with van der Waals surface area (Å²) in [6.07, 6.45) is 5.14. The Labute approximate surface area is 119 Å². The van der Waals surface area contributed by atoms with Crippen LogP contribution in [0.5, 0.6) is 0 Å². The third kappa shape index (κ3) is 2.09. The van der Waals surface area contributed by atoms with Gasteiger partial charge in [-0.05, 0) is 24.7 Å². The number of hydrogen-bond donors (Lipinski definition) is 1. The molecule has 0 saturated carbocycles. The first-order valence-electron chi connectivity index (χ1n) is 7.25. The van der Waals surface area contributed by atoms with Crippen molar-refractivity contribution < 1.29 is 0 Å². The second-order valence-corrected chi connectivity index (χ2v) is 6.34. The maximum atomic E-state index is 5.92. The van der Waals surface area contributed by atoms with Crippen molar-refractivity contribution >= 4 is 17.4 Å². The summed E-state index contributed by atoms with van der Waals surface area (Å²) in [5, 5.41) is 8.61. The molecule has 6 heteroatoms. The van der Waals surface area contributed by atoms with Crippen molar-refractivity contribution in [2.75, 3.05) is 23.7 Å². The molecule has 3 rings (SSSR count). The van der Waals surface area contributed by atoms with Crippen LogP contribution >= 0.6 is 0 Å². The molecule has 0 radical (unpaired) electrons. The van der Waals surface area contributed by atoms with Crippen LogP contribution in [0.25, 0.3) is 5.65 Å². The lowest BCUT2D eigenvalue weighted by molar-refractivity contribution is 0.290. The predicted molar refractivity (Wildman–Crippen MR) is 79.8 cm³/mol. The predicted octanol–water partition coefficient (Wildman–Crippen LogP) is 1.90. The molecule has 0 bridgehead atoms. The molecule has 1 saturated heterocycles. The van der Waals surface area contributed by atoms with Crippen LogP contribution < -0.4 is 10.6 Å². The van der Waals surface area contributed by atoms with E-state index in [-0.39, 0.29) is 0 Å². The van der Waals surface area contributed by atoms with Gasteiger partial charge in [0.15, 0.2) is 5.82 Å². The van der Waals surface area contributed by atoms with Gasteiger partial charge in [-0.2, -0.15) is 0 Å². The van der Waals surface area contributed by atoms with Crippen LogP contribution in [0.3, 0.4) is 0 Å². The molecule has 0 aliphatic carbocycles. The Hall–Kier alpha value is -1.85. The number of aryl methyl sites for hydroxylation is 1. The summed E-state index contributed by atoms with van der Waals surface area (Å²) < 4.78 is 2.06. The fourth-order valence-corrected chi connectivity index (χ4v) is 3.01. The molecule has 1 aliphatic heterocycles. The molecule has 2 N–H and O–H groups in total. The molecule has 6 nitrogen and oxygen atoms in total. The van der Waals surface area contributed by atoms with E-state index in [0.717, 1.165) is 31.2 Å². The monoisotopic (exact) mass is 274 g/mol. The van der Waals surface area contributed by atoms with Crippen molar-refractivity contribution in [3.8, 4) is 0 Å². The molecule has 0 atom stereocenters. The fraction of sp³-hybridized carbons (Fsp3) is 0.643. The minimum Gasteiger partial charge on any atom is -0.381 e. The van der Waals surface area contributed by atoms with Crippen LogP contribution in [-0.4, -0.2) is 32.7 Å². The number of nitrogens with two attached hydrogens (primary N) is 1. The van der Waals surface area contributed by atoms with E-state index >= 15 is 0 Å². The molecule has 20 heavy (non-hydrogen) atoms. The number of rotatable bonds is 2. The Kier molecular flexibility index (Phi) is 3.03. The van der Waals surface area contributed by atoms with Crippen molar-refractivity contribution in [2.24, 2.45) is 5.41 Å². The van der Waals surface area contributed by atoms with Gasteiger partial charge in [-0.3, -0.25) is 4.40 Å². The van der Waals surface area contributed by atoms with E-state index in [1.807, 2.05) is 6.20 Å². The lowest BCUT2D eigenvalue weighted by Crippen LogP contribution is -2.41. The third-order valence-corrected chi connectivity index (χ3v) is 4.06. The third-order valence-electron chi connectivity index (χ3n) is 4.06. The highest BCUT2D eigenvalue weighted by atomic mass is 15.4. The molecule has 2 aromatic heterocycles. The maximum absolute atomic E-state index is 5.92. The van der Waals surface area contributed by atoms with E-state index in [0.29, 0.717) is 16.9 Å². The zero-order valence-electron chi connectivity index (χ0n) is 12.4. The van der Waals surface area contributed by atoms with Crippen LogP contribution in [0.2, 0.25) is 0 Å². The SMILES string of the molecule is CCc1cnc(N)c2nnc(N3CCCC(C)(C)C3)n12. The van der Waals surface area contributed by atoms with Gasteiger partial charge in [0.2, 0.25) is 11.6 Å². The minimum atomic E-state index is 0.315. The quantitative estimate of drug-likeness (QED) is 0.905. The average molecular weight is 274 g/mol. The summed E-state index contributed by atoms with van der Waals surface area (Å²) in [6, 6.07) is 0. The second kappa shape index (κ2) is 4.61. The summed E-state index contributed by atoms with van der Waals surface area (Å²) in [5.41, 5.74) is 8.00. The minimum absolute atomic E-state index is 0.315. The first-order valence-corrected chi connectivity index (χ1v) is 7.25. The van der Waals surface area contributed by atoms with Gasteiger partial charge in [0.1, 0.15) is 0 Å². The normalized spacial score (nSPS) is 18.6. The number of aromatic nitrogens is 4. The van der Waals surface area contributed by atoms with Gasteiger partial charge in [-0.1, -0.05) is 20.8 Å². The molecule has 108 valence electrons. The van der Waals surface area contributed by atoms with Gasteiger partial charge in [-0.15, -0.1) is 10.2 Å². The highest BCUT2D eigenvalue weighted by Gasteiger charge is 2.29. The Morgan fingerprint density at radius 2 is 2.15 bits per heavy atom. The van der Waals surface area contributed by atoms with Crippen molar-refractivity contribution in [3.63, 3.8) is 0 Å².